The Kier molecular flexibility index (Phi) is 4.99. The van der Waals surface area contributed by atoms with E-state index in [4.69, 9.17) is 9.47 Å². The van der Waals surface area contributed by atoms with Gasteiger partial charge in [-0.05, 0) is 18.1 Å². The molecule has 0 unspecified atom stereocenters. The third-order valence-electron chi connectivity index (χ3n) is 3.71. The molecule has 7 nitrogen and oxygen atoms in total. The lowest BCUT2D eigenvalue weighted by atomic mass is 10.1. The number of nitrogens with one attached hydrogen (secondary N) is 1. The van der Waals surface area contributed by atoms with Crippen molar-refractivity contribution in [2.75, 3.05) is 20.8 Å². The fourth-order valence-corrected chi connectivity index (χ4v) is 3.30. The first-order chi connectivity index (χ1) is 12.1. The van der Waals surface area contributed by atoms with Crippen molar-refractivity contribution in [1.29, 1.82) is 0 Å². The Labute approximate surface area is 147 Å². The van der Waals surface area contributed by atoms with E-state index >= 15 is 0 Å². The molecule has 1 amide bonds. The monoisotopic (exact) mass is 359 g/mol. The Hall–Kier alpha value is -2.87. The molecular weight excluding hydrogens is 342 g/mol. The van der Waals surface area contributed by atoms with E-state index in [-0.39, 0.29) is 11.6 Å². The van der Waals surface area contributed by atoms with Crippen LogP contribution in [0.5, 0.6) is 11.5 Å². The third kappa shape index (κ3) is 3.48. The van der Waals surface area contributed by atoms with Crippen LogP contribution >= 0.6 is 11.3 Å². The number of thiazole rings is 1. The van der Waals surface area contributed by atoms with E-state index in [1.165, 1.54) is 17.4 Å². The number of rotatable bonds is 6. The fourth-order valence-electron chi connectivity index (χ4n) is 2.58. The molecule has 0 aliphatic rings. The van der Waals surface area contributed by atoms with Crippen LogP contribution in [0.2, 0.25) is 0 Å². The number of carbonyl (C=O) groups excluding carboxylic acids is 1. The average Bonchev–Trinajstić information content (AvgIpc) is 3.08. The van der Waals surface area contributed by atoms with Crippen molar-refractivity contribution in [2.45, 2.75) is 6.42 Å². The van der Waals surface area contributed by atoms with E-state index in [1.54, 1.807) is 30.2 Å². The van der Waals surface area contributed by atoms with Gasteiger partial charge in [0.1, 0.15) is 5.69 Å². The SMILES string of the molecule is COc1cccc(CCNC(=O)c2cc(=O)nc3sccn23)c1OC. The first-order valence-electron chi connectivity index (χ1n) is 7.59. The topological polar surface area (TPSA) is 81.9 Å². The highest BCUT2D eigenvalue weighted by atomic mass is 32.1. The number of carbonyl (C=O) groups is 1. The summed E-state index contributed by atoms with van der Waals surface area (Å²) in [6.45, 7) is 0.394. The van der Waals surface area contributed by atoms with Crippen molar-refractivity contribution < 1.29 is 14.3 Å². The molecule has 1 aromatic carbocycles. The van der Waals surface area contributed by atoms with Crippen molar-refractivity contribution >= 4 is 22.2 Å². The number of hydrogen-bond acceptors (Lipinski definition) is 6. The second-order valence-corrected chi connectivity index (χ2v) is 6.07. The number of benzene rings is 1. The standard InChI is InChI=1S/C17H17N3O4S/c1-23-13-5-3-4-11(15(13)24-2)6-7-18-16(22)12-10-14(21)19-17-20(12)8-9-25-17/h3-5,8-10H,6-7H2,1-2H3,(H,18,22). The molecule has 3 rings (SSSR count). The van der Waals surface area contributed by atoms with E-state index in [1.807, 2.05) is 18.2 Å². The number of amides is 1. The minimum atomic E-state index is -0.429. The largest absolute Gasteiger partial charge is 0.493 e. The molecule has 0 saturated heterocycles. The summed E-state index contributed by atoms with van der Waals surface area (Å²) in [6, 6.07) is 6.84. The van der Waals surface area contributed by atoms with Crippen molar-refractivity contribution in [1.82, 2.24) is 14.7 Å². The molecule has 0 radical (unpaired) electrons. The Bertz CT molecular complexity index is 964. The Morgan fingerprint density at radius 3 is 2.92 bits per heavy atom. The normalized spacial score (nSPS) is 10.6. The molecule has 0 spiro atoms. The molecule has 1 N–H and O–H groups in total. The summed E-state index contributed by atoms with van der Waals surface area (Å²) in [4.78, 5) is 28.4. The summed E-state index contributed by atoms with van der Waals surface area (Å²) in [6.07, 6.45) is 2.28. The maximum Gasteiger partial charge on any atom is 0.274 e. The zero-order valence-corrected chi connectivity index (χ0v) is 14.6. The highest BCUT2D eigenvalue weighted by Gasteiger charge is 2.13. The van der Waals surface area contributed by atoms with Gasteiger partial charge >= 0.3 is 0 Å². The molecule has 25 heavy (non-hydrogen) atoms. The number of ether oxygens (including phenoxy) is 2. The summed E-state index contributed by atoms with van der Waals surface area (Å²) in [5, 5.41) is 4.60. The van der Waals surface area contributed by atoms with E-state index in [0.29, 0.717) is 29.4 Å². The van der Waals surface area contributed by atoms with Gasteiger partial charge in [0.15, 0.2) is 16.5 Å². The lowest BCUT2D eigenvalue weighted by Gasteiger charge is -2.13. The predicted octanol–water partition coefficient (Wildman–Crippen LogP) is 1.75. The van der Waals surface area contributed by atoms with Gasteiger partial charge < -0.3 is 14.8 Å². The van der Waals surface area contributed by atoms with Crippen LogP contribution < -0.4 is 20.3 Å². The Morgan fingerprint density at radius 2 is 2.16 bits per heavy atom. The van der Waals surface area contributed by atoms with E-state index in [0.717, 1.165) is 5.56 Å². The minimum absolute atomic E-state index is 0.272. The summed E-state index contributed by atoms with van der Waals surface area (Å²) in [5.74, 6) is 0.973. The molecular formula is C17H17N3O4S. The second kappa shape index (κ2) is 7.35. The average molecular weight is 359 g/mol. The minimum Gasteiger partial charge on any atom is -0.493 e. The Balaban J connectivity index is 1.73. The smallest absolute Gasteiger partial charge is 0.274 e. The van der Waals surface area contributed by atoms with Gasteiger partial charge in [-0.1, -0.05) is 12.1 Å². The molecule has 0 aliphatic heterocycles. The van der Waals surface area contributed by atoms with Crippen LogP contribution in [0.4, 0.5) is 0 Å². The lowest BCUT2D eigenvalue weighted by molar-refractivity contribution is 0.0947. The fraction of sp³-hybridized carbons (Fsp3) is 0.235. The first-order valence-corrected chi connectivity index (χ1v) is 8.47. The third-order valence-corrected chi connectivity index (χ3v) is 4.47. The molecule has 130 valence electrons. The van der Waals surface area contributed by atoms with Crippen LogP contribution in [-0.4, -0.2) is 36.1 Å². The van der Waals surface area contributed by atoms with Gasteiger partial charge in [-0.25, -0.2) is 0 Å². The zero-order chi connectivity index (χ0) is 17.8. The van der Waals surface area contributed by atoms with Crippen molar-refractivity contribution in [2.24, 2.45) is 0 Å². The summed E-state index contributed by atoms with van der Waals surface area (Å²) >= 11 is 1.30. The van der Waals surface area contributed by atoms with Crippen LogP contribution in [0.25, 0.3) is 4.96 Å². The summed E-state index contributed by atoms with van der Waals surface area (Å²) in [5.41, 5.74) is 0.769. The maximum atomic E-state index is 12.4. The van der Waals surface area contributed by atoms with Crippen LogP contribution in [-0.2, 0) is 6.42 Å². The highest BCUT2D eigenvalue weighted by molar-refractivity contribution is 7.15. The lowest BCUT2D eigenvalue weighted by Crippen LogP contribution is -2.29. The molecule has 0 saturated carbocycles. The molecule has 0 atom stereocenters. The van der Waals surface area contributed by atoms with Crippen molar-refractivity contribution in [3.05, 3.63) is 57.5 Å². The zero-order valence-electron chi connectivity index (χ0n) is 13.8. The number of para-hydroxylation sites is 1. The number of fused-ring (bicyclic) bond motifs is 1. The van der Waals surface area contributed by atoms with Crippen molar-refractivity contribution in [3.8, 4) is 11.5 Å². The Morgan fingerprint density at radius 1 is 1.32 bits per heavy atom. The quantitative estimate of drug-likeness (QED) is 0.725. The highest BCUT2D eigenvalue weighted by Crippen LogP contribution is 2.30. The molecule has 0 bridgehead atoms. The number of nitrogens with zero attached hydrogens (tertiary/aromatic N) is 2. The number of hydrogen-bond donors (Lipinski definition) is 1. The molecule has 8 heteroatoms. The number of methoxy groups -OCH3 is 2. The van der Waals surface area contributed by atoms with E-state index < -0.39 is 5.56 Å². The second-order valence-electron chi connectivity index (χ2n) is 5.19. The number of aromatic nitrogens is 2. The first kappa shape index (κ1) is 17.0. The molecule has 0 aliphatic carbocycles. The van der Waals surface area contributed by atoms with Gasteiger partial charge in [-0.3, -0.25) is 14.0 Å². The predicted molar refractivity (Wildman–Crippen MR) is 94.9 cm³/mol. The maximum absolute atomic E-state index is 12.4. The summed E-state index contributed by atoms with van der Waals surface area (Å²) < 4.78 is 12.3. The molecule has 2 heterocycles. The van der Waals surface area contributed by atoms with E-state index in [9.17, 15) is 9.59 Å². The van der Waals surface area contributed by atoms with Gasteiger partial charge in [0.05, 0.1) is 14.2 Å². The van der Waals surface area contributed by atoms with Gasteiger partial charge in [0, 0.05) is 24.2 Å². The molecule has 3 aromatic rings. The molecule has 0 fully saturated rings. The van der Waals surface area contributed by atoms with Crippen molar-refractivity contribution in [3.63, 3.8) is 0 Å². The summed E-state index contributed by atoms with van der Waals surface area (Å²) in [7, 11) is 3.16. The van der Waals surface area contributed by atoms with E-state index in [2.05, 4.69) is 10.3 Å². The molecule has 2 aromatic heterocycles. The van der Waals surface area contributed by atoms with Crippen LogP contribution in [0, 0.1) is 0 Å². The van der Waals surface area contributed by atoms with Crippen LogP contribution in [0.3, 0.4) is 0 Å². The van der Waals surface area contributed by atoms with Crippen LogP contribution in [0.15, 0.2) is 40.6 Å². The van der Waals surface area contributed by atoms with Gasteiger partial charge in [0.2, 0.25) is 0 Å². The van der Waals surface area contributed by atoms with Crippen LogP contribution in [0.1, 0.15) is 16.1 Å². The van der Waals surface area contributed by atoms with Gasteiger partial charge in [-0.15, -0.1) is 11.3 Å². The van der Waals surface area contributed by atoms with Gasteiger partial charge in [-0.2, -0.15) is 4.98 Å². The van der Waals surface area contributed by atoms with Gasteiger partial charge in [0.25, 0.3) is 11.5 Å².